The zero-order valence-corrected chi connectivity index (χ0v) is 11.3. The maximum absolute atomic E-state index is 5.76. The minimum Gasteiger partial charge on any atom is -0.368 e. The molecule has 4 heteroatoms. The van der Waals surface area contributed by atoms with Crippen molar-refractivity contribution >= 4 is 39.5 Å². The smallest absolute Gasteiger partial charge is 0.216 e. The normalized spacial score (nSPS) is 19.2. The first-order chi connectivity index (χ1) is 9.16. The molecule has 0 saturated carbocycles. The van der Waals surface area contributed by atoms with E-state index in [1.165, 1.54) is 5.39 Å². The van der Waals surface area contributed by atoms with Crippen molar-refractivity contribution in [1.82, 2.24) is 0 Å². The Kier molecular flexibility index (Phi) is 2.87. The van der Waals surface area contributed by atoms with Crippen molar-refractivity contribution in [3.63, 3.8) is 0 Å². The maximum Gasteiger partial charge on any atom is 0.216 e. The van der Waals surface area contributed by atoms with Gasteiger partial charge in [0.05, 0.1) is 16.6 Å². The Morgan fingerprint density at radius 2 is 1.84 bits per heavy atom. The van der Waals surface area contributed by atoms with Crippen LogP contribution >= 0.6 is 12.2 Å². The van der Waals surface area contributed by atoms with E-state index in [1.807, 2.05) is 31.2 Å². The molecule has 19 heavy (non-hydrogen) atoms. The van der Waals surface area contributed by atoms with E-state index < -0.39 is 0 Å². The number of nitrogens with zero attached hydrogens (tertiary/aromatic N) is 2. The summed E-state index contributed by atoms with van der Waals surface area (Å²) in [5.74, 6) is 0.295. The number of benzene rings is 2. The van der Waals surface area contributed by atoms with Gasteiger partial charge in [-0.1, -0.05) is 54.7 Å². The van der Waals surface area contributed by atoms with E-state index in [0.717, 1.165) is 21.5 Å². The number of aliphatic imine (C=N–C) groups is 2. The fourth-order valence-corrected chi connectivity index (χ4v) is 2.49. The Bertz CT molecular complexity index is 726. The molecule has 1 unspecified atom stereocenters. The fraction of sp³-hybridized carbons (Fsp3) is 0.133. The molecule has 0 radical (unpaired) electrons. The molecule has 0 aliphatic carbocycles. The molecule has 1 aliphatic rings. The SMILES string of the molecule is CC1N=C(N)N=C(c2cccc3ccccc23)C1=S. The molecule has 0 aromatic heterocycles. The minimum atomic E-state index is -0.0959. The fourth-order valence-electron chi connectivity index (χ4n) is 2.28. The van der Waals surface area contributed by atoms with Crippen molar-refractivity contribution in [3.8, 4) is 0 Å². The summed E-state index contributed by atoms with van der Waals surface area (Å²) in [4.78, 5) is 9.26. The average Bonchev–Trinajstić information content (AvgIpc) is 2.42. The highest BCUT2D eigenvalue weighted by Crippen LogP contribution is 2.22. The molecule has 1 heterocycles. The number of guanidine groups is 1. The topological polar surface area (TPSA) is 50.7 Å². The van der Waals surface area contributed by atoms with Gasteiger partial charge >= 0.3 is 0 Å². The summed E-state index contributed by atoms with van der Waals surface area (Å²) in [6.45, 7) is 1.94. The third-order valence-corrected chi connectivity index (χ3v) is 3.74. The Hall–Kier alpha value is -2.07. The summed E-state index contributed by atoms with van der Waals surface area (Å²) in [5, 5.41) is 2.30. The van der Waals surface area contributed by atoms with Crippen LogP contribution in [0.25, 0.3) is 10.8 Å². The van der Waals surface area contributed by atoms with Crippen LogP contribution in [0.15, 0.2) is 52.4 Å². The highest BCUT2D eigenvalue weighted by molar-refractivity contribution is 7.82. The molecule has 1 atom stereocenters. The van der Waals surface area contributed by atoms with Crippen LogP contribution in [-0.4, -0.2) is 22.6 Å². The lowest BCUT2D eigenvalue weighted by Crippen LogP contribution is -2.32. The highest BCUT2D eigenvalue weighted by Gasteiger charge is 2.22. The van der Waals surface area contributed by atoms with Crippen molar-refractivity contribution < 1.29 is 0 Å². The van der Waals surface area contributed by atoms with Crippen molar-refractivity contribution in [1.29, 1.82) is 0 Å². The van der Waals surface area contributed by atoms with Crippen molar-refractivity contribution in [3.05, 3.63) is 48.0 Å². The van der Waals surface area contributed by atoms with Gasteiger partial charge in [0.1, 0.15) is 0 Å². The number of hydrogen-bond acceptors (Lipinski definition) is 4. The Morgan fingerprint density at radius 3 is 2.68 bits per heavy atom. The summed E-state index contributed by atoms with van der Waals surface area (Å²) in [5.41, 5.74) is 7.55. The molecule has 3 rings (SSSR count). The van der Waals surface area contributed by atoms with Gasteiger partial charge in [-0.25, -0.2) is 9.98 Å². The monoisotopic (exact) mass is 267 g/mol. The molecule has 0 spiro atoms. The third kappa shape index (κ3) is 2.04. The largest absolute Gasteiger partial charge is 0.368 e. The molecule has 2 N–H and O–H groups in total. The van der Waals surface area contributed by atoms with E-state index in [2.05, 4.69) is 28.2 Å². The van der Waals surface area contributed by atoms with Crippen LogP contribution in [0.1, 0.15) is 12.5 Å². The van der Waals surface area contributed by atoms with Crippen LogP contribution in [0, 0.1) is 0 Å². The third-order valence-electron chi connectivity index (χ3n) is 3.21. The molecule has 1 aliphatic heterocycles. The van der Waals surface area contributed by atoms with Gasteiger partial charge in [0.2, 0.25) is 5.96 Å². The van der Waals surface area contributed by atoms with Gasteiger partial charge in [-0.15, -0.1) is 0 Å². The molecule has 2 aromatic carbocycles. The molecule has 0 saturated heterocycles. The quantitative estimate of drug-likeness (QED) is 0.808. The zero-order valence-electron chi connectivity index (χ0n) is 10.5. The zero-order chi connectivity index (χ0) is 13.4. The molecular weight excluding hydrogens is 254 g/mol. The van der Waals surface area contributed by atoms with Crippen LogP contribution in [0.4, 0.5) is 0 Å². The predicted molar refractivity (Wildman–Crippen MR) is 84.2 cm³/mol. The molecular formula is C15H13N3S. The van der Waals surface area contributed by atoms with Gasteiger partial charge in [-0.3, -0.25) is 0 Å². The lowest BCUT2D eigenvalue weighted by Gasteiger charge is -2.18. The second kappa shape index (κ2) is 4.55. The first-order valence-corrected chi connectivity index (χ1v) is 6.52. The molecule has 2 aromatic rings. The van der Waals surface area contributed by atoms with Gasteiger partial charge in [0, 0.05) is 5.56 Å². The molecule has 0 amide bonds. The summed E-state index contributed by atoms with van der Waals surface area (Å²) in [7, 11) is 0. The number of fused-ring (bicyclic) bond motifs is 1. The van der Waals surface area contributed by atoms with Crippen molar-refractivity contribution in [2.24, 2.45) is 15.7 Å². The van der Waals surface area contributed by atoms with Crippen LogP contribution in [-0.2, 0) is 0 Å². The van der Waals surface area contributed by atoms with Crippen molar-refractivity contribution in [2.75, 3.05) is 0 Å². The average molecular weight is 267 g/mol. The lowest BCUT2D eigenvalue weighted by molar-refractivity contribution is 0.980. The second-order valence-electron chi connectivity index (χ2n) is 4.51. The van der Waals surface area contributed by atoms with Crippen LogP contribution in [0.3, 0.4) is 0 Å². The summed E-state index contributed by atoms with van der Waals surface area (Å²) >= 11 is 5.45. The van der Waals surface area contributed by atoms with Gasteiger partial charge < -0.3 is 5.73 Å². The first kappa shape index (κ1) is 12.0. The number of nitrogens with two attached hydrogens (primary N) is 1. The maximum atomic E-state index is 5.76. The van der Waals surface area contributed by atoms with E-state index in [0.29, 0.717) is 5.96 Å². The van der Waals surface area contributed by atoms with E-state index in [-0.39, 0.29) is 6.04 Å². The minimum absolute atomic E-state index is 0.0959. The highest BCUT2D eigenvalue weighted by atomic mass is 32.1. The van der Waals surface area contributed by atoms with E-state index in [4.69, 9.17) is 18.0 Å². The van der Waals surface area contributed by atoms with Crippen LogP contribution < -0.4 is 5.73 Å². The standard InChI is InChI=1S/C15H13N3S/c1-9-14(19)13(18-15(16)17-9)12-8-4-6-10-5-2-3-7-11(10)12/h2-9H,1H3,(H2,16,17). The van der Waals surface area contributed by atoms with E-state index >= 15 is 0 Å². The summed E-state index contributed by atoms with van der Waals surface area (Å²) in [6, 6.07) is 14.2. The van der Waals surface area contributed by atoms with Crippen LogP contribution in [0.2, 0.25) is 0 Å². The first-order valence-electron chi connectivity index (χ1n) is 6.11. The summed E-state index contributed by atoms with van der Waals surface area (Å²) in [6.07, 6.45) is 0. The number of rotatable bonds is 1. The number of thiocarbonyl (C=S) groups is 1. The number of hydrogen-bond donors (Lipinski definition) is 1. The Morgan fingerprint density at radius 1 is 1.11 bits per heavy atom. The Labute approximate surface area is 116 Å². The van der Waals surface area contributed by atoms with E-state index in [1.54, 1.807) is 0 Å². The van der Waals surface area contributed by atoms with Gasteiger partial charge in [-0.2, -0.15) is 0 Å². The molecule has 0 fully saturated rings. The van der Waals surface area contributed by atoms with Gasteiger partial charge in [0.25, 0.3) is 0 Å². The van der Waals surface area contributed by atoms with Crippen LogP contribution in [0.5, 0.6) is 0 Å². The van der Waals surface area contributed by atoms with Gasteiger partial charge in [-0.05, 0) is 17.7 Å². The second-order valence-corrected chi connectivity index (χ2v) is 4.95. The molecule has 94 valence electrons. The van der Waals surface area contributed by atoms with E-state index in [9.17, 15) is 0 Å². The van der Waals surface area contributed by atoms with Gasteiger partial charge in [0.15, 0.2) is 0 Å². The van der Waals surface area contributed by atoms with Crippen molar-refractivity contribution in [2.45, 2.75) is 13.0 Å². The Balaban J connectivity index is 2.25. The molecule has 0 bridgehead atoms. The summed E-state index contributed by atoms with van der Waals surface area (Å²) < 4.78 is 0. The lowest BCUT2D eigenvalue weighted by atomic mass is 9.96. The molecule has 3 nitrogen and oxygen atoms in total. The predicted octanol–water partition coefficient (Wildman–Crippen LogP) is 2.72.